The molecule has 24 heavy (non-hydrogen) atoms. The molecule has 0 spiro atoms. The first-order chi connectivity index (χ1) is 10.8. The predicted molar refractivity (Wildman–Crippen MR) is 85.4 cm³/mol. The summed E-state index contributed by atoms with van der Waals surface area (Å²) < 4.78 is 45.8. The van der Waals surface area contributed by atoms with Crippen LogP contribution in [0.5, 0.6) is 0 Å². The number of hydrogen-bond acceptors (Lipinski definition) is 9. The summed E-state index contributed by atoms with van der Waals surface area (Å²) in [5.74, 6) is 0. The molecule has 0 N–H and O–H groups in total. The van der Waals surface area contributed by atoms with Crippen LogP contribution >= 0.6 is 15.6 Å². The third-order valence-corrected chi connectivity index (χ3v) is 4.44. The Labute approximate surface area is 173 Å². The summed E-state index contributed by atoms with van der Waals surface area (Å²) in [6.07, 6.45) is 2.88. The Balaban J connectivity index is 0. The Morgan fingerprint density at radius 3 is 1.33 bits per heavy atom. The van der Waals surface area contributed by atoms with Gasteiger partial charge in [0.2, 0.25) is 0 Å². The molecule has 12 heteroatoms. The minimum Gasteiger partial charge on any atom is -0.756 e. The van der Waals surface area contributed by atoms with Gasteiger partial charge in [0, 0.05) is 0 Å². The second kappa shape index (κ2) is 16.6. The molecule has 0 aliphatic rings. The van der Waals surface area contributed by atoms with Crippen molar-refractivity contribution in [3.8, 4) is 0 Å². The molecule has 0 saturated carbocycles. The normalized spacial score (nSPS) is 16.2. The van der Waals surface area contributed by atoms with Crippen molar-refractivity contribution in [1.29, 1.82) is 0 Å². The molecule has 0 bridgehead atoms. The van der Waals surface area contributed by atoms with Crippen LogP contribution in [-0.2, 0) is 32.0 Å². The van der Waals surface area contributed by atoms with E-state index in [1.807, 2.05) is 13.8 Å². The molecular weight excluding hydrogens is 390 g/mol. The van der Waals surface area contributed by atoms with E-state index in [-0.39, 0.29) is 77.4 Å². The van der Waals surface area contributed by atoms with Gasteiger partial charge in [0.1, 0.15) is 0 Å². The minimum absolute atomic E-state index is 0. The first-order valence-electron chi connectivity index (χ1n) is 7.61. The second-order valence-electron chi connectivity index (χ2n) is 4.55. The van der Waals surface area contributed by atoms with Crippen molar-refractivity contribution >= 4 is 53.4 Å². The van der Waals surface area contributed by atoms with Gasteiger partial charge in [0.25, 0.3) is 15.6 Å². The molecule has 2 unspecified atom stereocenters. The van der Waals surface area contributed by atoms with E-state index in [0.717, 1.165) is 12.8 Å². The molecule has 2 atom stereocenters. The minimum atomic E-state index is -4.30. The summed E-state index contributed by atoms with van der Waals surface area (Å²) in [4.78, 5) is 22.5. The van der Waals surface area contributed by atoms with Gasteiger partial charge in [-0.3, -0.25) is 9.13 Å². The Kier molecular flexibility index (Phi) is 19.1. The van der Waals surface area contributed by atoms with E-state index in [4.69, 9.17) is 4.74 Å². The van der Waals surface area contributed by atoms with Gasteiger partial charge in [0.05, 0.1) is 39.6 Å². The van der Waals surface area contributed by atoms with Crippen LogP contribution in [0.2, 0.25) is 0 Å². The molecule has 0 aliphatic carbocycles. The molecule has 0 radical (unpaired) electrons. The van der Waals surface area contributed by atoms with E-state index in [0.29, 0.717) is 12.8 Å². The fourth-order valence-electron chi connectivity index (χ4n) is 1.23. The molecule has 0 fully saturated rings. The van der Waals surface area contributed by atoms with E-state index < -0.39 is 15.6 Å². The van der Waals surface area contributed by atoms with Crippen LogP contribution < -0.4 is 9.79 Å². The average molecular weight is 416 g/mol. The van der Waals surface area contributed by atoms with Gasteiger partial charge in [-0.1, -0.05) is 26.7 Å². The first kappa shape index (κ1) is 27.7. The van der Waals surface area contributed by atoms with Crippen molar-refractivity contribution in [3.63, 3.8) is 0 Å². The van der Waals surface area contributed by atoms with Gasteiger partial charge in [-0.05, 0) is 12.8 Å². The Bertz CT molecular complexity index is 350. The summed E-state index contributed by atoms with van der Waals surface area (Å²) in [5.41, 5.74) is 0. The van der Waals surface area contributed by atoms with Crippen LogP contribution in [0.15, 0.2) is 0 Å². The molecule has 9 nitrogen and oxygen atoms in total. The molecule has 0 rings (SSSR count). The van der Waals surface area contributed by atoms with Crippen LogP contribution in [0.1, 0.15) is 39.5 Å². The zero-order valence-corrected chi connectivity index (χ0v) is 18.3. The van der Waals surface area contributed by atoms with Crippen molar-refractivity contribution in [2.75, 3.05) is 39.6 Å². The molecule has 0 heterocycles. The predicted octanol–water partition coefficient (Wildman–Crippen LogP) is 1.23. The molecule has 0 aromatic rings. The van der Waals surface area contributed by atoms with Gasteiger partial charge in [-0.25, -0.2) is 0 Å². The number of phosphoric ester groups is 2. The standard InChI is InChI=1S/C12H28O9P2.Ca/c1-3-5-7-18-22(13,14)20-11-9-17-10-12-21-23(15,16)19-8-6-4-2;/h3-12H2,1-2H3,(H,13,14)(H,15,16);/q;+2/p-2. The van der Waals surface area contributed by atoms with Gasteiger partial charge in [-0.2, -0.15) is 0 Å². The van der Waals surface area contributed by atoms with Crippen molar-refractivity contribution in [1.82, 2.24) is 0 Å². The maximum atomic E-state index is 11.3. The fraction of sp³-hybridized carbons (Fsp3) is 1.00. The first-order valence-corrected chi connectivity index (χ1v) is 10.5. The number of rotatable bonds is 16. The van der Waals surface area contributed by atoms with Crippen molar-refractivity contribution in [2.24, 2.45) is 0 Å². The number of hydrogen-bond donors (Lipinski definition) is 0. The van der Waals surface area contributed by atoms with E-state index in [1.165, 1.54) is 0 Å². The zero-order chi connectivity index (χ0) is 17.6. The maximum Gasteiger partial charge on any atom is 2.00 e. The quantitative estimate of drug-likeness (QED) is 0.207. The second-order valence-corrected chi connectivity index (χ2v) is 7.37. The summed E-state index contributed by atoms with van der Waals surface area (Å²) in [6.45, 7) is 3.49. The monoisotopic (exact) mass is 416 g/mol. The van der Waals surface area contributed by atoms with Crippen LogP contribution in [0, 0.1) is 0 Å². The van der Waals surface area contributed by atoms with Gasteiger partial charge in [-0.15, -0.1) is 0 Å². The summed E-state index contributed by atoms with van der Waals surface area (Å²) in [6, 6.07) is 0. The third kappa shape index (κ3) is 18.2. The molecule has 0 aromatic carbocycles. The topological polar surface area (TPSA) is 126 Å². The van der Waals surface area contributed by atoms with Crippen LogP contribution in [0.25, 0.3) is 0 Å². The molecule has 140 valence electrons. The van der Waals surface area contributed by atoms with Crippen LogP contribution in [0.4, 0.5) is 0 Å². The summed E-state index contributed by atoms with van der Waals surface area (Å²) in [7, 11) is -8.59. The van der Waals surface area contributed by atoms with Crippen molar-refractivity contribution < 1.29 is 41.7 Å². The van der Waals surface area contributed by atoms with Gasteiger partial charge in [0.15, 0.2) is 0 Å². The molecule has 0 aliphatic heterocycles. The maximum absolute atomic E-state index is 11.3. The smallest absolute Gasteiger partial charge is 0.756 e. The molecule has 0 saturated heterocycles. The van der Waals surface area contributed by atoms with E-state index in [1.54, 1.807) is 0 Å². The van der Waals surface area contributed by atoms with Crippen LogP contribution in [0.3, 0.4) is 0 Å². The molecule has 0 aromatic heterocycles. The van der Waals surface area contributed by atoms with Crippen LogP contribution in [-0.4, -0.2) is 77.4 Å². The largest absolute Gasteiger partial charge is 2.00 e. The SMILES string of the molecule is CCCCOP(=O)([O-])OCCOCCOP(=O)([O-])OCCCC.[Ca+2]. The summed E-state index contributed by atoms with van der Waals surface area (Å²) >= 11 is 0. The molecule has 0 amide bonds. The Hall–Kier alpha value is 1.44. The molecular formula is C12H26CaO9P2. The van der Waals surface area contributed by atoms with Crippen molar-refractivity contribution in [3.05, 3.63) is 0 Å². The van der Waals surface area contributed by atoms with E-state index >= 15 is 0 Å². The number of ether oxygens (including phenoxy) is 1. The van der Waals surface area contributed by atoms with E-state index in [2.05, 4.69) is 18.1 Å². The fourth-order valence-corrected chi connectivity index (χ4v) is 2.68. The Morgan fingerprint density at radius 1 is 0.667 bits per heavy atom. The Morgan fingerprint density at radius 2 is 1.00 bits per heavy atom. The van der Waals surface area contributed by atoms with E-state index in [9.17, 15) is 18.9 Å². The number of unbranched alkanes of at least 4 members (excludes halogenated alkanes) is 2. The van der Waals surface area contributed by atoms with Crippen molar-refractivity contribution in [2.45, 2.75) is 39.5 Å². The third-order valence-electron chi connectivity index (χ3n) is 2.45. The number of phosphoric acid groups is 2. The summed E-state index contributed by atoms with van der Waals surface area (Å²) in [5, 5.41) is 0. The average Bonchev–Trinajstić information content (AvgIpc) is 2.46. The van der Waals surface area contributed by atoms with Gasteiger partial charge < -0.3 is 32.6 Å². The van der Waals surface area contributed by atoms with Gasteiger partial charge >= 0.3 is 37.7 Å². The zero-order valence-electron chi connectivity index (χ0n) is 14.3.